The van der Waals surface area contributed by atoms with Crippen LogP contribution in [0.15, 0.2) is 66.7 Å². The van der Waals surface area contributed by atoms with Gasteiger partial charge in [0.15, 0.2) is 0 Å². The Morgan fingerprint density at radius 3 is 2.39 bits per heavy atom. The Bertz CT molecular complexity index is 1170. The molecule has 3 rings (SSSR count). The van der Waals surface area contributed by atoms with Crippen LogP contribution in [0.2, 0.25) is 5.02 Å². The highest BCUT2D eigenvalue weighted by atomic mass is 35.5. The minimum absolute atomic E-state index is 0. The second-order valence-corrected chi connectivity index (χ2v) is 7.46. The molecule has 33 heavy (non-hydrogen) atoms. The van der Waals surface area contributed by atoms with E-state index in [9.17, 15) is 9.59 Å². The van der Waals surface area contributed by atoms with Crippen molar-refractivity contribution in [3.63, 3.8) is 0 Å². The number of esters is 1. The van der Waals surface area contributed by atoms with Gasteiger partial charge in [-0.3, -0.25) is 10.2 Å². The van der Waals surface area contributed by atoms with Crippen molar-refractivity contribution in [2.45, 2.75) is 13.1 Å². The lowest BCUT2D eigenvalue weighted by Gasteiger charge is -2.15. The topological polar surface area (TPSA) is 117 Å². The summed E-state index contributed by atoms with van der Waals surface area (Å²) in [6.45, 7) is 0.676. The molecule has 3 aromatic carbocycles. The summed E-state index contributed by atoms with van der Waals surface area (Å²) in [5.74, 6) is -0.718. The zero-order chi connectivity index (χ0) is 23.1. The first kappa shape index (κ1) is 25.7. The van der Waals surface area contributed by atoms with Crippen molar-refractivity contribution < 1.29 is 14.3 Å². The number of methoxy groups -OCH3 is 1. The predicted molar refractivity (Wildman–Crippen MR) is 132 cm³/mol. The van der Waals surface area contributed by atoms with Gasteiger partial charge >= 0.3 is 5.97 Å². The molecule has 0 aliphatic heterocycles. The summed E-state index contributed by atoms with van der Waals surface area (Å²) in [4.78, 5) is 24.2. The number of carbonyl (C=O) groups is 2. The van der Waals surface area contributed by atoms with Gasteiger partial charge in [-0.15, -0.1) is 12.4 Å². The molecule has 0 aliphatic carbocycles. The third-order valence-corrected chi connectivity index (χ3v) is 5.01. The molecule has 3 aromatic rings. The molecule has 0 saturated carbocycles. The number of amides is 1. The Morgan fingerprint density at radius 2 is 1.70 bits per heavy atom. The standard InChI is InChI=1S/C24H23ClN4O3.ClH/c1-32-24(31)18-6-2-4-15(10-18)13-28-21-12-16(22(26)27)8-9-19(21)14-29-23(30)17-5-3-7-20(25)11-17;/h2-12,28H,13-14H2,1H3,(H3,26,27)(H,29,30);1H. The molecular formula is C24H24Cl2N4O3. The van der Waals surface area contributed by atoms with Crippen LogP contribution in [0.1, 0.15) is 37.4 Å². The van der Waals surface area contributed by atoms with E-state index in [-0.39, 0.29) is 30.7 Å². The average molecular weight is 487 g/mol. The van der Waals surface area contributed by atoms with Crippen LogP contribution in [0, 0.1) is 5.41 Å². The van der Waals surface area contributed by atoms with Crippen LogP contribution in [0.3, 0.4) is 0 Å². The summed E-state index contributed by atoms with van der Waals surface area (Å²) in [6, 6.07) is 19.1. The summed E-state index contributed by atoms with van der Waals surface area (Å²) in [5, 5.41) is 14.4. The van der Waals surface area contributed by atoms with Crippen LogP contribution in [0.25, 0.3) is 0 Å². The number of hydrogen-bond donors (Lipinski definition) is 4. The molecule has 5 N–H and O–H groups in total. The normalized spacial score (nSPS) is 10.0. The van der Waals surface area contributed by atoms with Crippen molar-refractivity contribution in [3.05, 3.63) is 99.6 Å². The van der Waals surface area contributed by atoms with E-state index in [1.54, 1.807) is 54.6 Å². The van der Waals surface area contributed by atoms with Gasteiger partial charge in [-0.1, -0.05) is 41.9 Å². The van der Waals surface area contributed by atoms with Gasteiger partial charge in [0, 0.05) is 34.9 Å². The molecule has 0 aliphatic rings. The lowest BCUT2D eigenvalue weighted by Crippen LogP contribution is -2.23. The average Bonchev–Trinajstić information content (AvgIpc) is 2.81. The second-order valence-electron chi connectivity index (χ2n) is 7.02. The number of nitrogen functional groups attached to an aromatic ring is 1. The van der Waals surface area contributed by atoms with Crippen LogP contribution in [-0.2, 0) is 17.8 Å². The number of nitrogens with one attached hydrogen (secondary N) is 3. The fraction of sp³-hybridized carbons (Fsp3) is 0.125. The Balaban J connectivity index is 0.00000385. The SMILES string of the molecule is COC(=O)c1cccc(CNc2cc(C(=N)N)ccc2CNC(=O)c2cccc(Cl)c2)c1.Cl. The lowest BCUT2D eigenvalue weighted by atomic mass is 10.1. The van der Waals surface area contributed by atoms with Gasteiger partial charge in [0.2, 0.25) is 0 Å². The zero-order valence-electron chi connectivity index (χ0n) is 17.9. The van der Waals surface area contributed by atoms with Crippen molar-refractivity contribution >= 4 is 47.4 Å². The monoisotopic (exact) mass is 486 g/mol. The summed E-state index contributed by atoms with van der Waals surface area (Å²) < 4.78 is 4.77. The van der Waals surface area contributed by atoms with Crippen LogP contribution in [0.5, 0.6) is 0 Å². The van der Waals surface area contributed by atoms with E-state index in [2.05, 4.69) is 10.6 Å². The van der Waals surface area contributed by atoms with E-state index in [4.69, 9.17) is 27.5 Å². The quantitative estimate of drug-likeness (QED) is 0.214. The van der Waals surface area contributed by atoms with Crippen LogP contribution >= 0.6 is 24.0 Å². The van der Waals surface area contributed by atoms with Gasteiger partial charge in [0.05, 0.1) is 12.7 Å². The number of anilines is 1. The van der Waals surface area contributed by atoms with E-state index in [0.717, 1.165) is 11.1 Å². The molecule has 0 bridgehead atoms. The fourth-order valence-corrected chi connectivity index (χ4v) is 3.28. The van der Waals surface area contributed by atoms with Gasteiger partial charge in [0.25, 0.3) is 5.91 Å². The molecule has 0 spiro atoms. The predicted octanol–water partition coefficient (Wildman–Crippen LogP) is 4.37. The second kappa shape index (κ2) is 11.9. The number of benzene rings is 3. The highest BCUT2D eigenvalue weighted by Crippen LogP contribution is 2.20. The minimum atomic E-state index is -0.408. The Hall–Kier alpha value is -3.55. The number of nitrogens with two attached hydrogens (primary N) is 1. The summed E-state index contributed by atoms with van der Waals surface area (Å²) in [6.07, 6.45) is 0. The van der Waals surface area contributed by atoms with Gasteiger partial charge in [0.1, 0.15) is 5.84 Å². The van der Waals surface area contributed by atoms with Gasteiger partial charge in [-0.05, 0) is 47.5 Å². The Morgan fingerprint density at radius 1 is 0.970 bits per heavy atom. The van der Waals surface area contributed by atoms with Crippen molar-refractivity contribution in [1.82, 2.24) is 5.32 Å². The van der Waals surface area contributed by atoms with Crippen molar-refractivity contribution in [1.29, 1.82) is 5.41 Å². The smallest absolute Gasteiger partial charge is 0.337 e. The molecule has 0 radical (unpaired) electrons. The van der Waals surface area contributed by atoms with Crippen molar-refractivity contribution in [2.75, 3.05) is 12.4 Å². The minimum Gasteiger partial charge on any atom is -0.465 e. The molecule has 7 nitrogen and oxygen atoms in total. The van der Waals surface area contributed by atoms with Crippen LogP contribution in [-0.4, -0.2) is 24.8 Å². The summed E-state index contributed by atoms with van der Waals surface area (Å²) in [7, 11) is 1.34. The highest BCUT2D eigenvalue weighted by molar-refractivity contribution is 6.30. The molecule has 0 saturated heterocycles. The van der Waals surface area contributed by atoms with Crippen LogP contribution in [0.4, 0.5) is 5.69 Å². The molecule has 0 unspecified atom stereocenters. The maximum atomic E-state index is 12.5. The van der Waals surface area contributed by atoms with E-state index in [1.165, 1.54) is 7.11 Å². The third-order valence-electron chi connectivity index (χ3n) is 4.78. The van der Waals surface area contributed by atoms with Crippen LogP contribution < -0.4 is 16.4 Å². The molecular weight excluding hydrogens is 463 g/mol. The molecule has 1 amide bonds. The molecule has 0 atom stereocenters. The molecule has 172 valence electrons. The largest absolute Gasteiger partial charge is 0.465 e. The number of hydrogen-bond acceptors (Lipinski definition) is 5. The number of rotatable bonds is 8. The summed E-state index contributed by atoms with van der Waals surface area (Å²) >= 11 is 5.97. The van der Waals surface area contributed by atoms with Gasteiger partial charge in [-0.25, -0.2) is 4.79 Å². The van der Waals surface area contributed by atoms with Gasteiger partial charge in [-0.2, -0.15) is 0 Å². The summed E-state index contributed by atoms with van der Waals surface area (Å²) in [5.41, 5.74) is 9.52. The molecule has 0 heterocycles. The Kier molecular flexibility index (Phi) is 9.27. The number of carbonyl (C=O) groups excluding carboxylic acids is 2. The Labute approximate surface area is 203 Å². The first-order chi connectivity index (χ1) is 15.4. The number of halogens is 2. The van der Waals surface area contributed by atoms with E-state index in [0.29, 0.717) is 33.9 Å². The highest BCUT2D eigenvalue weighted by Gasteiger charge is 2.11. The fourth-order valence-electron chi connectivity index (χ4n) is 3.09. The van der Waals surface area contributed by atoms with Crippen molar-refractivity contribution in [2.24, 2.45) is 5.73 Å². The maximum Gasteiger partial charge on any atom is 0.337 e. The number of ether oxygens (including phenoxy) is 1. The molecule has 0 aromatic heterocycles. The zero-order valence-corrected chi connectivity index (χ0v) is 19.4. The lowest BCUT2D eigenvalue weighted by molar-refractivity contribution is 0.0600. The molecule has 9 heteroatoms. The maximum absolute atomic E-state index is 12.5. The first-order valence-electron chi connectivity index (χ1n) is 9.79. The van der Waals surface area contributed by atoms with E-state index < -0.39 is 5.97 Å². The van der Waals surface area contributed by atoms with Gasteiger partial charge < -0.3 is 21.1 Å². The third kappa shape index (κ3) is 6.97. The first-order valence-corrected chi connectivity index (χ1v) is 10.2. The van der Waals surface area contributed by atoms with Crippen molar-refractivity contribution in [3.8, 4) is 0 Å². The van der Waals surface area contributed by atoms with E-state index >= 15 is 0 Å². The van der Waals surface area contributed by atoms with E-state index in [1.807, 2.05) is 12.1 Å². The number of amidine groups is 1. The molecule has 0 fully saturated rings.